The van der Waals surface area contributed by atoms with Crippen molar-refractivity contribution < 1.29 is 14.3 Å². The molecule has 10 nitrogen and oxygen atoms in total. The van der Waals surface area contributed by atoms with Gasteiger partial charge in [-0.05, 0) is 55.8 Å². The molecule has 4 aromatic rings. The zero-order chi connectivity index (χ0) is 22.6. The molecule has 0 fully saturated rings. The van der Waals surface area contributed by atoms with Crippen molar-refractivity contribution in [2.45, 2.75) is 13.8 Å². The highest BCUT2D eigenvalue weighted by Gasteiger charge is 2.32. The molecular weight excluding hydrogens is 412 g/mol. The number of amides is 2. The second-order valence-corrected chi connectivity index (χ2v) is 7.32. The first-order valence-corrected chi connectivity index (χ1v) is 9.90. The topological polar surface area (TPSA) is 134 Å². The molecule has 0 radical (unpaired) electrons. The number of aromatic nitrogens is 4. The molecule has 5 rings (SSSR count). The Bertz CT molecular complexity index is 1480. The van der Waals surface area contributed by atoms with Gasteiger partial charge in [-0.2, -0.15) is 4.80 Å². The molecule has 0 bridgehead atoms. The maximum absolute atomic E-state index is 12.8. The van der Waals surface area contributed by atoms with Gasteiger partial charge in [0.05, 0.1) is 29.1 Å². The predicted octanol–water partition coefficient (Wildman–Crippen LogP) is 1.74. The van der Waals surface area contributed by atoms with Gasteiger partial charge in [0.1, 0.15) is 22.6 Å². The van der Waals surface area contributed by atoms with Gasteiger partial charge in [-0.3, -0.25) is 24.3 Å². The van der Waals surface area contributed by atoms with Crippen LogP contribution in [0.4, 0.5) is 5.82 Å². The quantitative estimate of drug-likeness (QED) is 0.471. The van der Waals surface area contributed by atoms with Crippen molar-refractivity contribution in [1.29, 1.82) is 0 Å². The fourth-order valence-electron chi connectivity index (χ4n) is 3.78. The summed E-state index contributed by atoms with van der Waals surface area (Å²) in [5.41, 5.74) is 8.68. The molecular formula is C22H18N6O4. The maximum Gasteiger partial charge on any atom is 0.262 e. The Morgan fingerprint density at radius 1 is 1.00 bits per heavy atom. The van der Waals surface area contributed by atoms with Crippen LogP contribution < -0.4 is 21.3 Å². The van der Waals surface area contributed by atoms with Gasteiger partial charge in [0, 0.05) is 6.07 Å². The summed E-state index contributed by atoms with van der Waals surface area (Å²) in [7, 11) is 0. The van der Waals surface area contributed by atoms with Crippen LogP contribution in [0.2, 0.25) is 0 Å². The number of carbonyl (C=O) groups is 2. The largest absolute Gasteiger partial charge is 0.494 e. The second-order valence-electron chi connectivity index (χ2n) is 7.32. The van der Waals surface area contributed by atoms with Crippen LogP contribution >= 0.6 is 0 Å². The zero-order valence-electron chi connectivity index (χ0n) is 17.2. The Labute approximate surface area is 181 Å². The van der Waals surface area contributed by atoms with Crippen LogP contribution in [-0.4, -0.2) is 38.0 Å². The molecule has 0 saturated heterocycles. The lowest BCUT2D eigenvalue weighted by atomic mass is 10.1. The number of pyridine rings is 1. The van der Waals surface area contributed by atoms with Gasteiger partial charge in [0.2, 0.25) is 0 Å². The van der Waals surface area contributed by atoms with E-state index in [9.17, 15) is 14.4 Å². The monoisotopic (exact) mass is 430 g/mol. The van der Waals surface area contributed by atoms with Crippen LogP contribution in [0.15, 0.2) is 47.3 Å². The summed E-state index contributed by atoms with van der Waals surface area (Å²) >= 11 is 0. The summed E-state index contributed by atoms with van der Waals surface area (Å²) in [5, 5.41) is 11.2. The number of ether oxygens (including phenoxy) is 1. The van der Waals surface area contributed by atoms with Crippen molar-refractivity contribution in [2.75, 3.05) is 12.3 Å². The first kappa shape index (κ1) is 19.5. The van der Waals surface area contributed by atoms with Crippen LogP contribution in [-0.2, 0) is 0 Å². The lowest BCUT2D eigenvalue weighted by Crippen LogP contribution is -2.24. The molecule has 3 N–H and O–H groups in total. The van der Waals surface area contributed by atoms with Gasteiger partial charge >= 0.3 is 0 Å². The highest BCUT2D eigenvalue weighted by molar-refractivity contribution is 6.23. The number of nitrogens with one attached hydrogen (secondary N) is 1. The number of imide groups is 1. The highest BCUT2D eigenvalue weighted by Crippen LogP contribution is 2.26. The van der Waals surface area contributed by atoms with Crippen molar-refractivity contribution in [3.05, 3.63) is 69.5 Å². The van der Waals surface area contributed by atoms with E-state index in [0.29, 0.717) is 28.9 Å². The third-order valence-corrected chi connectivity index (χ3v) is 5.27. The highest BCUT2D eigenvalue weighted by atomic mass is 16.5. The van der Waals surface area contributed by atoms with Crippen molar-refractivity contribution in [3.8, 4) is 17.1 Å². The van der Waals surface area contributed by atoms with E-state index in [1.54, 1.807) is 19.1 Å². The van der Waals surface area contributed by atoms with Gasteiger partial charge in [0.25, 0.3) is 17.4 Å². The van der Waals surface area contributed by atoms with E-state index < -0.39 is 17.4 Å². The molecule has 0 spiro atoms. The maximum atomic E-state index is 12.8. The van der Waals surface area contributed by atoms with E-state index in [1.807, 2.05) is 31.2 Å². The van der Waals surface area contributed by atoms with E-state index in [4.69, 9.17) is 10.5 Å². The summed E-state index contributed by atoms with van der Waals surface area (Å²) in [6.07, 6.45) is 0. The summed E-state index contributed by atoms with van der Waals surface area (Å²) in [5.74, 6) is -0.611. The number of nitrogens with two attached hydrogens (primary N) is 1. The Kier molecular flexibility index (Phi) is 4.29. The van der Waals surface area contributed by atoms with Gasteiger partial charge in [-0.1, -0.05) is 0 Å². The molecule has 0 unspecified atom stereocenters. The van der Waals surface area contributed by atoms with Gasteiger partial charge in [-0.15, -0.1) is 10.2 Å². The van der Waals surface area contributed by atoms with E-state index in [-0.39, 0.29) is 16.9 Å². The molecule has 1 aliphatic rings. The van der Waals surface area contributed by atoms with Crippen LogP contribution in [0.5, 0.6) is 5.75 Å². The second kappa shape index (κ2) is 7.05. The minimum atomic E-state index is -0.633. The number of benzene rings is 2. The summed E-state index contributed by atoms with van der Waals surface area (Å²) in [6.45, 7) is 4.29. The Balaban J connectivity index is 1.63. The summed E-state index contributed by atoms with van der Waals surface area (Å²) < 4.78 is 6.67. The molecule has 3 heterocycles. The number of rotatable bonds is 4. The van der Waals surface area contributed by atoms with E-state index in [1.165, 1.54) is 9.36 Å². The number of aryl methyl sites for hydroxylation is 1. The molecule has 32 heavy (non-hydrogen) atoms. The standard InChI is InChI=1S/C22H18N6O4/c1-3-32-13-6-4-12(5-7-13)28-25-15-8-11(2)17(10-16(15)26-28)27-18(29)9-14-19(20(27)23)22(31)24-21(14)30/h4-10H,3,23H2,1-2H3,(H,24,30,31). The van der Waals surface area contributed by atoms with Crippen molar-refractivity contribution in [2.24, 2.45) is 0 Å². The normalized spacial score (nSPS) is 12.8. The molecule has 2 amide bonds. The predicted molar refractivity (Wildman–Crippen MR) is 117 cm³/mol. The number of anilines is 1. The minimum absolute atomic E-state index is 0.00728. The van der Waals surface area contributed by atoms with Crippen LogP contribution in [0.1, 0.15) is 33.2 Å². The molecule has 160 valence electrons. The van der Waals surface area contributed by atoms with Crippen molar-refractivity contribution in [1.82, 2.24) is 24.9 Å². The molecule has 0 saturated carbocycles. The molecule has 2 aromatic carbocycles. The zero-order valence-corrected chi connectivity index (χ0v) is 17.2. The van der Waals surface area contributed by atoms with Gasteiger partial charge in [-0.25, -0.2) is 0 Å². The lowest BCUT2D eigenvalue weighted by molar-refractivity contribution is 0.0880. The number of nitrogens with zero attached hydrogens (tertiary/aromatic N) is 4. The third kappa shape index (κ3) is 2.92. The summed E-state index contributed by atoms with van der Waals surface area (Å²) in [4.78, 5) is 38.3. The first-order valence-electron chi connectivity index (χ1n) is 9.90. The molecule has 1 aliphatic heterocycles. The lowest BCUT2D eigenvalue weighted by Gasteiger charge is -2.13. The molecule has 10 heteroatoms. The molecule has 2 aromatic heterocycles. The van der Waals surface area contributed by atoms with Gasteiger partial charge in [0.15, 0.2) is 0 Å². The van der Waals surface area contributed by atoms with Crippen LogP contribution in [0.3, 0.4) is 0 Å². The molecule has 0 aliphatic carbocycles. The fourth-order valence-corrected chi connectivity index (χ4v) is 3.78. The third-order valence-electron chi connectivity index (χ3n) is 5.27. The first-order chi connectivity index (χ1) is 15.4. The average molecular weight is 430 g/mol. The van der Waals surface area contributed by atoms with E-state index in [0.717, 1.165) is 17.5 Å². The van der Waals surface area contributed by atoms with Gasteiger partial charge < -0.3 is 10.5 Å². The van der Waals surface area contributed by atoms with Crippen molar-refractivity contribution in [3.63, 3.8) is 0 Å². The number of hydrogen-bond acceptors (Lipinski definition) is 7. The van der Waals surface area contributed by atoms with E-state index in [2.05, 4.69) is 15.5 Å². The van der Waals surface area contributed by atoms with Crippen LogP contribution in [0, 0.1) is 6.92 Å². The Hall–Kier alpha value is -4.47. The number of carbonyl (C=O) groups excluding carboxylic acids is 2. The van der Waals surface area contributed by atoms with Crippen molar-refractivity contribution >= 4 is 28.7 Å². The number of nitrogen functional groups attached to an aromatic ring is 1. The molecule has 0 atom stereocenters. The summed E-state index contributed by atoms with van der Waals surface area (Å²) in [6, 6.07) is 11.9. The average Bonchev–Trinajstić information content (AvgIpc) is 3.29. The van der Waals surface area contributed by atoms with Crippen LogP contribution in [0.25, 0.3) is 22.4 Å². The fraction of sp³-hybridized carbons (Fsp3) is 0.136. The minimum Gasteiger partial charge on any atom is -0.494 e. The number of hydrogen-bond donors (Lipinski definition) is 2. The smallest absolute Gasteiger partial charge is 0.262 e. The number of fused-ring (bicyclic) bond motifs is 2. The SMILES string of the molecule is CCOc1ccc(-n2nc3cc(C)c(-n4c(N)c5c(cc4=O)C(=O)NC5=O)cc3n2)cc1. The van der Waals surface area contributed by atoms with E-state index >= 15 is 0 Å². The Morgan fingerprint density at radius 2 is 1.69 bits per heavy atom. The Morgan fingerprint density at radius 3 is 2.38 bits per heavy atom.